The average Bonchev–Trinajstić information content (AvgIpc) is 2.32. The molecule has 0 aromatic carbocycles. The maximum absolute atomic E-state index is 6.15. The SMILES string of the molecule is CNC(C)(C)Cc1c(C)nn(C)c1Cl. The lowest BCUT2D eigenvalue weighted by Crippen LogP contribution is -2.38. The highest BCUT2D eigenvalue weighted by Gasteiger charge is 2.21. The van der Waals surface area contributed by atoms with Crippen molar-refractivity contribution in [3.05, 3.63) is 16.4 Å². The standard InChI is InChI=1S/C10H18ClN3/c1-7-8(6-10(2,3)12-4)9(11)14(5)13-7/h12H,6H2,1-5H3. The zero-order chi connectivity index (χ0) is 10.9. The van der Waals surface area contributed by atoms with Crippen molar-refractivity contribution >= 4 is 11.6 Å². The first-order valence-electron chi connectivity index (χ1n) is 4.74. The Kier molecular flexibility index (Phi) is 3.22. The number of hydrogen-bond acceptors (Lipinski definition) is 2. The van der Waals surface area contributed by atoms with Gasteiger partial charge in [-0.3, -0.25) is 4.68 Å². The molecule has 1 aromatic heterocycles. The molecule has 0 atom stereocenters. The number of likely N-dealkylation sites (N-methyl/N-ethyl adjacent to an activating group) is 1. The maximum atomic E-state index is 6.15. The summed E-state index contributed by atoms with van der Waals surface area (Å²) in [5.41, 5.74) is 2.20. The van der Waals surface area contributed by atoms with E-state index in [1.807, 2.05) is 21.0 Å². The fourth-order valence-corrected chi connectivity index (χ4v) is 1.65. The van der Waals surface area contributed by atoms with E-state index >= 15 is 0 Å². The second-order valence-electron chi connectivity index (χ2n) is 4.29. The van der Waals surface area contributed by atoms with Crippen LogP contribution in [0.2, 0.25) is 5.15 Å². The molecule has 0 fully saturated rings. The van der Waals surface area contributed by atoms with Crippen LogP contribution in [0.15, 0.2) is 0 Å². The maximum Gasteiger partial charge on any atom is 0.130 e. The molecule has 0 aliphatic heterocycles. The van der Waals surface area contributed by atoms with E-state index in [0.29, 0.717) is 0 Å². The van der Waals surface area contributed by atoms with Gasteiger partial charge in [-0.2, -0.15) is 5.10 Å². The Labute approximate surface area is 90.4 Å². The van der Waals surface area contributed by atoms with Crippen LogP contribution < -0.4 is 5.32 Å². The summed E-state index contributed by atoms with van der Waals surface area (Å²) in [6.07, 6.45) is 0.891. The van der Waals surface area contributed by atoms with Crippen LogP contribution in [0.1, 0.15) is 25.1 Å². The van der Waals surface area contributed by atoms with Crippen molar-refractivity contribution in [2.24, 2.45) is 7.05 Å². The largest absolute Gasteiger partial charge is 0.314 e. The van der Waals surface area contributed by atoms with E-state index in [1.54, 1.807) is 4.68 Å². The van der Waals surface area contributed by atoms with E-state index in [2.05, 4.69) is 24.3 Å². The minimum absolute atomic E-state index is 0.0530. The summed E-state index contributed by atoms with van der Waals surface area (Å²) in [5.74, 6) is 0. The minimum atomic E-state index is 0.0530. The van der Waals surface area contributed by atoms with Crippen LogP contribution in [0.4, 0.5) is 0 Å². The predicted octanol–water partition coefficient (Wildman–Crippen LogP) is 1.92. The van der Waals surface area contributed by atoms with Gasteiger partial charge in [0.15, 0.2) is 0 Å². The number of hydrogen-bond donors (Lipinski definition) is 1. The molecule has 14 heavy (non-hydrogen) atoms. The van der Waals surface area contributed by atoms with Crippen molar-refractivity contribution in [2.45, 2.75) is 32.7 Å². The van der Waals surface area contributed by atoms with Crippen molar-refractivity contribution in [1.29, 1.82) is 0 Å². The molecule has 0 spiro atoms. The van der Waals surface area contributed by atoms with Crippen LogP contribution >= 0.6 is 11.6 Å². The van der Waals surface area contributed by atoms with E-state index in [0.717, 1.165) is 22.8 Å². The third-order valence-electron chi connectivity index (χ3n) is 2.57. The topological polar surface area (TPSA) is 29.9 Å². The summed E-state index contributed by atoms with van der Waals surface area (Å²) in [6, 6.07) is 0. The highest BCUT2D eigenvalue weighted by molar-refractivity contribution is 6.30. The van der Waals surface area contributed by atoms with Crippen LogP contribution in [-0.2, 0) is 13.5 Å². The zero-order valence-electron chi connectivity index (χ0n) is 9.48. The van der Waals surface area contributed by atoms with Crippen LogP contribution in [0.3, 0.4) is 0 Å². The van der Waals surface area contributed by atoms with Gasteiger partial charge in [0, 0.05) is 18.2 Å². The van der Waals surface area contributed by atoms with Crippen molar-refractivity contribution in [3.63, 3.8) is 0 Å². The van der Waals surface area contributed by atoms with Crippen LogP contribution in [0.25, 0.3) is 0 Å². The van der Waals surface area contributed by atoms with E-state index in [9.17, 15) is 0 Å². The second kappa shape index (κ2) is 3.91. The Bertz CT molecular complexity index is 328. The molecule has 1 heterocycles. The lowest BCUT2D eigenvalue weighted by Gasteiger charge is -2.23. The second-order valence-corrected chi connectivity index (χ2v) is 4.65. The number of nitrogens with zero attached hydrogens (tertiary/aromatic N) is 2. The summed E-state index contributed by atoms with van der Waals surface area (Å²) in [7, 11) is 3.82. The van der Waals surface area contributed by atoms with Gasteiger partial charge >= 0.3 is 0 Å². The molecular weight excluding hydrogens is 198 g/mol. The minimum Gasteiger partial charge on any atom is -0.314 e. The van der Waals surface area contributed by atoms with Gasteiger partial charge in [-0.05, 0) is 34.2 Å². The molecule has 0 radical (unpaired) electrons. The third kappa shape index (κ3) is 2.28. The lowest BCUT2D eigenvalue weighted by atomic mass is 9.96. The number of halogens is 1. The van der Waals surface area contributed by atoms with Crippen molar-refractivity contribution in [1.82, 2.24) is 15.1 Å². The molecule has 0 aliphatic rings. The molecule has 80 valence electrons. The van der Waals surface area contributed by atoms with Crippen LogP contribution in [0, 0.1) is 6.92 Å². The summed E-state index contributed by atoms with van der Waals surface area (Å²) < 4.78 is 1.72. The smallest absolute Gasteiger partial charge is 0.130 e. The van der Waals surface area contributed by atoms with E-state index in [4.69, 9.17) is 11.6 Å². The average molecular weight is 216 g/mol. The van der Waals surface area contributed by atoms with Gasteiger partial charge in [0.05, 0.1) is 5.69 Å². The predicted molar refractivity (Wildman–Crippen MR) is 59.8 cm³/mol. The van der Waals surface area contributed by atoms with Crippen LogP contribution in [0.5, 0.6) is 0 Å². The molecular formula is C10H18ClN3. The summed E-state index contributed by atoms with van der Waals surface area (Å²) in [6.45, 7) is 6.29. The molecule has 3 nitrogen and oxygen atoms in total. The van der Waals surface area contributed by atoms with Crippen molar-refractivity contribution in [3.8, 4) is 0 Å². The summed E-state index contributed by atoms with van der Waals surface area (Å²) >= 11 is 6.15. The molecule has 4 heteroatoms. The van der Waals surface area contributed by atoms with Gasteiger partial charge < -0.3 is 5.32 Å². The first-order valence-corrected chi connectivity index (χ1v) is 5.12. The molecule has 0 aliphatic carbocycles. The van der Waals surface area contributed by atoms with E-state index in [-0.39, 0.29) is 5.54 Å². The number of aryl methyl sites for hydroxylation is 2. The molecule has 1 N–H and O–H groups in total. The molecule has 0 unspecified atom stereocenters. The Balaban J connectivity index is 2.97. The number of aromatic nitrogens is 2. The third-order valence-corrected chi connectivity index (χ3v) is 3.04. The fraction of sp³-hybridized carbons (Fsp3) is 0.700. The zero-order valence-corrected chi connectivity index (χ0v) is 10.2. The number of nitrogens with one attached hydrogen (secondary N) is 1. The molecule has 1 aromatic rings. The summed E-state index contributed by atoms with van der Waals surface area (Å²) in [5, 5.41) is 8.29. The fourth-order valence-electron chi connectivity index (χ4n) is 1.41. The molecule has 0 amide bonds. The molecule has 0 saturated carbocycles. The van der Waals surface area contributed by atoms with Crippen LogP contribution in [-0.4, -0.2) is 22.4 Å². The first kappa shape index (κ1) is 11.5. The Morgan fingerprint density at radius 3 is 2.43 bits per heavy atom. The van der Waals surface area contributed by atoms with Gasteiger partial charge in [-0.1, -0.05) is 11.6 Å². The first-order chi connectivity index (χ1) is 6.37. The van der Waals surface area contributed by atoms with Gasteiger partial charge in [0.25, 0.3) is 0 Å². The van der Waals surface area contributed by atoms with Gasteiger partial charge in [0.1, 0.15) is 5.15 Å². The Hall–Kier alpha value is -0.540. The molecule has 0 bridgehead atoms. The Morgan fingerprint density at radius 2 is 2.07 bits per heavy atom. The van der Waals surface area contributed by atoms with E-state index < -0.39 is 0 Å². The van der Waals surface area contributed by atoms with E-state index in [1.165, 1.54) is 0 Å². The highest BCUT2D eigenvalue weighted by atomic mass is 35.5. The van der Waals surface area contributed by atoms with Gasteiger partial charge in [-0.15, -0.1) is 0 Å². The lowest BCUT2D eigenvalue weighted by molar-refractivity contribution is 0.421. The highest BCUT2D eigenvalue weighted by Crippen LogP contribution is 2.23. The van der Waals surface area contributed by atoms with Gasteiger partial charge in [0.2, 0.25) is 0 Å². The van der Waals surface area contributed by atoms with Gasteiger partial charge in [-0.25, -0.2) is 0 Å². The monoisotopic (exact) mass is 215 g/mol. The Morgan fingerprint density at radius 1 is 1.50 bits per heavy atom. The van der Waals surface area contributed by atoms with Crippen molar-refractivity contribution < 1.29 is 0 Å². The normalized spacial score (nSPS) is 12.1. The quantitative estimate of drug-likeness (QED) is 0.835. The summed E-state index contributed by atoms with van der Waals surface area (Å²) in [4.78, 5) is 0. The molecule has 0 saturated heterocycles. The molecule has 1 rings (SSSR count). The number of rotatable bonds is 3. The van der Waals surface area contributed by atoms with Crippen molar-refractivity contribution in [2.75, 3.05) is 7.05 Å².